The van der Waals surface area contributed by atoms with Crippen molar-refractivity contribution in [3.63, 3.8) is 0 Å². The Kier molecular flexibility index (Phi) is 5.24. The Bertz CT molecular complexity index is 526. The Morgan fingerprint density at radius 3 is 2.20 bits per heavy atom. The van der Waals surface area contributed by atoms with Gasteiger partial charge in [-0.1, -0.05) is 37.3 Å². The molecule has 0 fully saturated rings. The first kappa shape index (κ1) is 14.7. The van der Waals surface area contributed by atoms with Crippen LogP contribution in [0.15, 0.2) is 30.3 Å². The fourth-order valence-electron chi connectivity index (χ4n) is 2.33. The first-order valence-electron chi connectivity index (χ1n) is 7.32. The molecule has 0 aliphatic carbocycles. The average molecular weight is 269 g/mol. The van der Waals surface area contributed by atoms with E-state index < -0.39 is 0 Å². The van der Waals surface area contributed by atoms with Crippen LogP contribution in [0.5, 0.6) is 0 Å². The van der Waals surface area contributed by atoms with Gasteiger partial charge in [0.25, 0.3) is 0 Å². The normalized spacial score (nSPS) is 10.8. The maximum Gasteiger partial charge on any atom is 0.159 e. The molecule has 2 rings (SSSR count). The van der Waals surface area contributed by atoms with Crippen molar-refractivity contribution < 1.29 is 0 Å². The highest BCUT2D eigenvalue weighted by Gasteiger charge is 2.09. The molecule has 0 aliphatic rings. The highest BCUT2D eigenvalue weighted by atomic mass is 14.9. The minimum absolute atomic E-state index is 0.825. The predicted molar refractivity (Wildman–Crippen MR) is 83.8 cm³/mol. The molecule has 1 N–H and O–H groups in total. The van der Waals surface area contributed by atoms with Crippen molar-refractivity contribution in [2.24, 2.45) is 0 Å². The lowest BCUT2D eigenvalue weighted by Gasteiger charge is -2.11. The standard InChI is InChI=1S/C17H23N3/c1-4-11-18-12-10-16-13(2)19-17(20-14(16)3)15-8-6-5-7-9-15/h5-9,18H,4,10-12H2,1-3H3. The molecule has 0 unspecified atom stereocenters. The number of benzene rings is 1. The maximum atomic E-state index is 4.66. The summed E-state index contributed by atoms with van der Waals surface area (Å²) in [5, 5.41) is 3.43. The van der Waals surface area contributed by atoms with Crippen LogP contribution in [0.3, 0.4) is 0 Å². The second-order valence-electron chi connectivity index (χ2n) is 5.06. The molecular weight excluding hydrogens is 246 g/mol. The Hall–Kier alpha value is -1.74. The van der Waals surface area contributed by atoms with Crippen LogP contribution in [-0.2, 0) is 6.42 Å². The molecule has 1 aromatic heterocycles. The van der Waals surface area contributed by atoms with E-state index in [0.717, 1.165) is 42.3 Å². The maximum absolute atomic E-state index is 4.66. The summed E-state index contributed by atoms with van der Waals surface area (Å²) in [6, 6.07) is 10.2. The van der Waals surface area contributed by atoms with Crippen LogP contribution in [0, 0.1) is 13.8 Å². The Morgan fingerprint density at radius 1 is 0.950 bits per heavy atom. The molecular formula is C17H23N3. The first-order valence-corrected chi connectivity index (χ1v) is 7.32. The van der Waals surface area contributed by atoms with E-state index in [4.69, 9.17) is 0 Å². The van der Waals surface area contributed by atoms with E-state index >= 15 is 0 Å². The quantitative estimate of drug-likeness (QED) is 0.818. The molecule has 1 aromatic carbocycles. The number of nitrogens with one attached hydrogen (secondary N) is 1. The molecule has 0 bridgehead atoms. The molecule has 1 heterocycles. The molecule has 0 aliphatic heterocycles. The van der Waals surface area contributed by atoms with Crippen molar-refractivity contribution >= 4 is 0 Å². The molecule has 3 nitrogen and oxygen atoms in total. The molecule has 0 spiro atoms. The van der Waals surface area contributed by atoms with E-state index in [1.165, 1.54) is 12.0 Å². The lowest BCUT2D eigenvalue weighted by molar-refractivity contribution is 0.666. The smallest absolute Gasteiger partial charge is 0.159 e. The average Bonchev–Trinajstić information content (AvgIpc) is 2.46. The second-order valence-corrected chi connectivity index (χ2v) is 5.06. The van der Waals surface area contributed by atoms with E-state index in [-0.39, 0.29) is 0 Å². The summed E-state index contributed by atoms with van der Waals surface area (Å²) in [7, 11) is 0. The Morgan fingerprint density at radius 2 is 1.60 bits per heavy atom. The summed E-state index contributed by atoms with van der Waals surface area (Å²) < 4.78 is 0. The number of hydrogen-bond acceptors (Lipinski definition) is 3. The van der Waals surface area contributed by atoms with Crippen molar-refractivity contribution in [1.29, 1.82) is 0 Å². The highest BCUT2D eigenvalue weighted by Crippen LogP contribution is 2.18. The van der Waals surface area contributed by atoms with Crippen LogP contribution < -0.4 is 5.32 Å². The summed E-state index contributed by atoms with van der Waals surface area (Å²) in [4.78, 5) is 9.33. The largest absolute Gasteiger partial charge is 0.316 e. The molecule has 0 atom stereocenters. The van der Waals surface area contributed by atoms with Gasteiger partial charge in [-0.25, -0.2) is 9.97 Å². The molecule has 0 saturated heterocycles. The monoisotopic (exact) mass is 269 g/mol. The van der Waals surface area contributed by atoms with Gasteiger partial charge in [-0.15, -0.1) is 0 Å². The molecule has 106 valence electrons. The lowest BCUT2D eigenvalue weighted by atomic mass is 10.1. The molecule has 3 heteroatoms. The van der Waals surface area contributed by atoms with E-state index in [2.05, 4.69) is 48.2 Å². The minimum atomic E-state index is 0.825. The highest BCUT2D eigenvalue weighted by molar-refractivity contribution is 5.55. The molecule has 0 saturated carbocycles. The van der Waals surface area contributed by atoms with Gasteiger partial charge in [0.05, 0.1) is 0 Å². The van der Waals surface area contributed by atoms with Crippen LogP contribution in [0.1, 0.15) is 30.3 Å². The zero-order chi connectivity index (χ0) is 14.4. The first-order chi connectivity index (χ1) is 9.72. The number of hydrogen-bond donors (Lipinski definition) is 1. The third-order valence-corrected chi connectivity index (χ3v) is 3.43. The van der Waals surface area contributed by atoms with E-state index in [1.54, 1.807) is 0 Å². The molecule has 20 heavy (non-hydrogen) atoms. The molecule has 0 amide bonds. The van der Waals surface area contributed by atoms with Gasteiger partial charge in [-0.05, 0) is 45.3 Å². The predicted octanol–water partition coefficient (Wildman–Crippen LogP) is 3.30. The number of nitrogens with zero attached hydrogens (tertiary/aromatic N) is 2. The van der Waals surface area contributed by atoms with Crippen LogP contribution in [-0.4, -0.2) is 23.1 Å². The fraction of sp³-hybridized carbons (Fsp3) is 0.412. The van der Waals surface area contributed by atoms with Gasteiger partial charge in [-0.3, -0.25) is 0 Å². The zero-order valence-electron chi connectivity index (χ0n) is 12.6. The van der Waals surface area contributed by atoms with Gasteiger partial charge in [0, 0.05) is 17.0 Å². The minimum Gasteiger partial charge on any atom is -0.316 e. The Balaban J connectivity index is 2.17. The summed E-state index contributed by atoms with van der Waals surface area (Å²) in [5.41, 5.74) is 4.53. The van der Waals surface area contributed by atoms with Gasteiger partial charge < -0.3 is 5.32 Å². The topological polar surface area (TPSA) is 37.8 Å². The number of rotatable bonds is 6. The van der Waals surface area contributed by atoms with E-state index in [0.29, 0.717) is 0 Å². The van der Waals surface area contributed by atoms with Gasteiger partial charge in [0.1, 0.15) is 0 Å². The third-order valence-electron chi connectivity index (χ3n) is 3.43. The van der Waals surface area contributed by atoms with Gasteiger partial charge >= 0.3 is 0 Å². The van der Waals surface area contributed by atoms with Crippen molar-refractivity contribution in [2.75, 3.05) is 13.1 Å². The van der Waals surface area contributed by atoms with Gasteiger partial charge in [0.2, 0.25) is 0 Å². The van der Waals surface area contributed by atoms with Crippen molar-refractivity contribution in [1.82, 2.24) is 15.3 Å². The number of aryl methyl sites for hydroxylation is 2. The van der Waals surface area contributed by atoms with Crippen molar-refractivity contribution in [3.05, 3.63) is 47.3 Å². The van der Waals surface area contributed by atoms with Crippen molar-refractivity contribution in [3.8, 4) is 11.4 Å². The molecule has 0 radical (unpaired) electrons. The van der Waals surface area contributed by atoms with Crippen LogP contribution in [0.2, 0.25) is 0 Å². The van der Waals surface area contributed by atoms with Crippen LogP contribution in [0.4, 0.5) is 0 Å². The van der Waals surface area contributed by atoms with Crippen LogP contribution in [0.25, 0.3) is 11.4 Å². The summed E-state index contributed by atoms with van der Waals surface area (Å²) in [6.07, 6.45) is 2.16. The lowest BCUT2D eigenvalue weighted by Crippen LogP contribution is -2.19. The fourth-order valence-corrected chi connectivity index (χ4v) is 2.33. The molecule has 2 aromatic rings. The van der Waals surface area contributed by atoms with Crippen LogP contribution >= 0.6 is 0 Å². The number of aromatic nitrogens is 2. The SMILES string of the molecule is CCCNCCc1c(C)nc(-c2ccccc2)nc1C. The second kappa shape index (κ2) is 7.15. The van der Waals surface area contributed by atoms with Crippen molar-refractivity contribution in [2.45, 2.75) is 33.6 Å². The Labute approximate surface area is 121 Å². The zero-order valence-corrected chi connectivity index (χ0v) is 12.6. The van der Waals surface area contributed by atoms with E-state index in [1.807, 2.05) is 18.2 Å². The van der Waals surface area contributed by atoms with E-state index in [9.17, 15) is 0 Å². The summed E-state index contributed by atoms with van der Waals surface area (Å²) in [5.74, 6) is 0.825. The third kappa shape index (κ3) is 3.64. The van der Waals surface area contributed by atoms with Gasteiger partial charge in [0.15, 0.2) is 5.82 Å². The summed E-state index contributed by atoms with van der Waals surface area (Å²) >= 11 is 0. The van der Waals surface area contributed by atoms with Gasteiger partial charge in [-0.2, -0.15) is 0 Å². The summed E-state index contributed by atoms with van der Waals surface area (Å²) in [6.45, 7) is 8.40.